The Morgan fingerprint density at radius 1 is 0.841 bits per heavy atom. The van der Waals surface area contributed by atoms with Crippen LogP contribution in [0.2, 0.25) is 0 Å². The summed E-state index contributed by atoms with van der Waals surface area (Å²) in [5.41, 5.74) is 10.1. The molecule has 0 aliphatic heterocycles. The third-order valence-electron chi connectivity index (χ3n) is 7.38. The summed E-state index contributed by atoms with van der Waals surface area (Å²) in [7, 11) is 3.72. The molecule has 0 aromatic heterocycles. The van der Waals surface area contributed by atoms with Crippen molar-refractivity contribution in [3.63, 3.8) is 0 Å². The minimum absolute atomic E-state index is 0.586. The molecule has 0 fully saturated rings. The van der Waals surface area contributed by atoms with Gasteiger partial charge in [-0.2, -0.15) is 0 Å². The number of benzene rings is 2. The summed E-state index contributed by atoms with van der Waals surface area (Å²) in [4.78, 5) is 0. The lowest BCUT2D eigenvalue weighted by Gasteiger charge is -2.17. The Morgan fingerprint density at radius 2 is 1.45 bits per heavy atom. The second-order valence-corrected chi connectivity index (χ2v) is 11.4. The Labute approximate surface area is 273 Å². The highest BCUT2D eigenvalue weighted by atomic mass is 14.8. The molecule has 0 aliphatic carbocycles. The van der Waals surface area contributed by atoms with Crippen molar-refractivity contribution in [3.05, 3.63) is 145 Å². The van der Waals surface area contributed by atoms with E-state index < -0.39 is 0 Å². The Bertz CT molecular complexity index is 1080. The van der Waals surface area contributed by atoms with Gasteiger partial charge in [0.2, 0.25) is 0 Å². The first-order chi connectivity index (χ1) is 21.1. The molecule has 0 radical (unpaired) electrons. The van der Waals surface area contributed by atoms with Crippen molar-refractivity contribution in [1.29, 1.82) is 0 Å². The van der Waals surface area contributed by atoms with E-state index in [-0.39, 0.29) is 0 Å². The van der Waals surface area contributed by atoms with E-state index in [2.05, 4.69) is 108 Å². The average Bonchev–Trinajstić information content (AvgIpc) is 3.03. The van der Waals surface area contributed by atoms with Crippen molar-refractivity contribution in [2.24, 2.45) is 0 Å². The zero-order valence-corrected chi connectivity index (χ0v) is 29.5. The summed E-state index contributed by atoms with van der Waals surface area (Å²) in [6, 6.07) is 17.4. The third-order valence-corrected chi connectivity index (χ3v) is 7.38. The lowest BCUT2D eigenvalue weighted by atomic mass is 9.88. The number of allylic oxidation sites excluding steroid dienone is 4. The number of nitrogens with one attached hydrogen (secondary N) is 2. The molecule has 1 unspecified atom stereocenters. The van der Waals surface area contributed by atoms with Gasteiger partial charge >= 0.3 is 0 Å². The third kappa shape index (κ3) is 22.1. The molecule has 0 saturated carbocycles. The van der Waals surface area contributed by atoms with Crippen LogP contribution >= 0.6 is 0 Å². The second-order valence-electron chi connectivity index (χ2n) is 11.4. The van der Waals surface area contributed by atoms with Crippen molar-refractivity contribution in [1.82, 2.24) is 10.6 Å². The standard InChI is InChI=1S/C24H38.C10H13N.C6H11N.C2H4/c1-6-8-9-10-11-12-13-15-23-17-16-21(4)24(19-23)22(5)18-20(3)14-7-2;1-9(11-2)8-10-6-4-3-5-7-10;1-5(2)6(3)7-4;1-2/h6,16-17,19,22H,1,3,7-15,18H2,2,4-5H3;3-7,11H,1,8H2,2H3;7H,1,3H2,2,4H3;1-2H2. The number of likely N-dealkylation sites (N-methyl/N-ethyl adjacent to an activating group) is 2. The smallest absolute Gasteiger partial charge is 0.0288 e. The number of hydrogen-bond acceptors (Lipinski definition) is 2. The monoisotopic (exact) mass is 599 g/mol. The summed E-state index contributed by atoms with van der Waals surface area (Å²) < 4.78 is 0. The molecule has 2 aromatic carbocycles. The van der Waals surface area contributed by atoms with Crippen molar-refractivity contribution >= 4 is 0 Å². The Kier molecular flexibility index (Phi) is 27.4. The quantitative estimate of drug-likeness (QED) is 0.101. The number of aryl methyl sites for hydroxylation is 2. The van der Waals surface area contributed by atoms with Crippen LogP contribution < -0.4 is 10.6 Å². The number of rotatable bonds is 18. The fraction of sp³-hybridized carbons (Fsp3) is 0.429. The van der Waals surface area contributed by atoms with Gasteiger partial charge in [0.15, 0.2) is 0 Å². The molecule has 0 spiro atoms. The molecule has 2 nitrogen and oxygen atoms in total. The van der Waals surface area contributed by atoms with E-state index in [9.17, 15) is 0 Å². The Morgan fingerprint density at radius 3 is 1.98 bits per heavy atom. The predicted molar refractivity (Wildman–Crippen MR) is 202 cm³/mol. The van der Waals surface area contributed by atoms with E-state index in [4.69, 9.17) is 0 Å². The lowest BCUT2D eigenvalue weighted by molar-refractivity contribution is 0.617. The molecule has 0 saturated heterocycles. The molecule has 244 valence electrons. The first kappa shape index (κ1) is 42.6. The van der Waals surface area contributed by atoms with E-state index in [1.54, 1.807) is 0 Å². The number of unbranched alkanes of at least 4 members (excludes halogenated alkanes) is 5. The van der Waals surface area contributed by atoms with Crippen LogP contribution in [-0.2, 0) is 12.8 Å². The maximum absolute atomic E-state index is 4.25. The SMILES string of the molecule is C=C.C=C(C)C(=C)NC.C=C(Cc1ccccc1)NC.C=CCCCCCCCc1ccc(C)c(C(C)CC(=C)CCC)c1. The van der Waals surface area contributed by atoms with E-state index in [1.807, 2.05) is 45.3 Å². The normalized spacial score (nSPS) is 10.2. The fourth-order valence-corrected chi connectivity index (χ4v) is 4.67. The molecule has 0 heterocycles. The highest BCUT2D eigenvalue weighted by Gasteiger charge is 2.11. The van der Waals surface area contributed by atoms with E-state index in [0.29, 0.717) is 5.92 Å². The maximum atomic E-state index is 4.25. The summed E-state index contributed by atoms with van der Waals surface area (Å²) in [5.74, 6) is 0.586. The van der Waals surface area contributed by atoms with E-state index in [0.717, 1.165) is 36.2 Å². The van der Waals surface area contributed by atoms with Crippen molar-refractivity contribution < 1.29 is 0 Å². The van der Waals surface area contributed by atoms with Gasteiger partial charge in [-0.1, -0.05) is 126 Å². The van der Waals surface area contributed by atoms with Gasteiger partial charge in [0.05, 0.1) is 0 Å². The summed E-state index contributed by atoms with van der Waals surface area (Å²) in [5, 5.41) is 5.89. The molecule has 2 N–H and O–H groups in total. The first-order valence-electron chi connectivity index (χ1n) is 16.4. The lowest BCUT2D eigenvalue weighted by Crippen LogP contribution is -2.06. The number of hydrogen-bond donors (Lipinski definition) is 2. The zero-order valence-electron chi connectivity index (χ0n) is 29.5. The first-order valence-corrected chi connectivity index (χ1v) is 16.4. The molecule has 2 heteroatoms. The topological polar surface area (TPSA) is 24.1 Å². The van der Waals surface area contributed by atoms with Gasteiger partial charge < -0.3 is 10.6 Å². The summed E-state index contributed by atoms with van der Waals surface area (Å²) in [6.45, 7) is 34.0. The fourth-order valence-electron chi connectivity index (χ4n) is 4.67. The molecule has 2 rings (SSSR count). The van der Waals surface area contributed by atoms with Gasteiger partial charge in [0.1, 0.15) is 0 Å². The van der Waals surface area contributed by atoms with Crippen LogP contribution in [-0.4, -0.2) is 14.1 Å². The van der Waals surface area contributed by atoms with Crippen LogP contribution in [0.3, 0.4) is 0 Å². The van der Waals surface area contributed by atoms with Crippen molar-refractivity contribution in [3.8, 4) is 0 Å². The van der Waals surface area contributed by atoms with Gasteiger partial charge in [-0.05, 0) is 86.1 Å². The highest BCUT2D eigenvalue weighted by molar-refractivity contribution is 5.34. The largest absolute Gasteiger partial charge is 0.392 e. The van der Waals surface area contributed by atoms with Crippen molar-refractivity contribution in [2.75, 3.05) is 14.1 Å². The van der Waals surface area contributed by atoms with Gasteiger partial charge in [-0.3, -0.25) is 0 Å². The Balaban J connectivity index is 0. The molecule has 2 aromatic rings. The van der Waals surface area contributed by atoms with Crippen molar-refractivity contribution in [2.45, 2.75) is 104 Å². The van der Waals surface area contributed by atoms with Crippen LogP contribution in [0.5, 0.6) is 0 Å². The molecular weight excluding hydrogens is 532 g/mol. The van der Waals surface area contributed by atoms with E-state index >= 15 is 0 Å². The van der Waals surface area contributed by atoms with Crippen LogP contribution in [0.4, 0.5) is 0 Å². The molecule has 44 heavy (non-hydrogen) atoms. The zero-order chi connectivity index (χ0) is 33.8. The summed E-state index contributed by atoms with van der Waals surface area (Å²) in [6.07, 6.45) is 15.5. The Hall–Kier alpha value is -3.52. The van der Waals surface area contributed by atoms with Gasteiger partial charge in [-0.25, -0.2) is 0 Å². The van der Waals surface area contributed by atoms with Crippen LogP contribution in [0.1, 0.15) is 107 Å². The van der Waals surface area contributed by atoms with Gasteiger partial charge in [0.25, 0.3) is 0 Å². The minimum Gasteiger partial charge on any atom is -0.392 e. The van der Waals surface area contributed by atoms with Crippen LogP contribution in [0, 0.1) is 6.92 Å². The van der Waals surface area contributed by atoms with Gasteiger partial charge in [-0.15, -0.1) is 19.7 Å². The predicted octanol–water partition coefficient (Wildman–Crippen LogP) is 12.0. The van der Waals surface area contributed by atoms with Crippen LogP contribution in [0.25, 0.3) is 0 Å². The molecule has 1 atom stereocenters. The highest BCUT2D eigenvalue weighted by Crippen LogP contribution is 2.28. The maximum Gasteiger partial charge on any atom is 0.0288 e. The molecule has 0 aliphatic rings. The van der Waals surface area contributed by atoms with E-state index in [1.165, 1.54) is 79.2 Å². The molecular formula is C42H66N2. The molecule has 0 amide bonds. The van der Waals surface area contributed by atoms with Crippen LogP contribution in [0.15, 0.2) is 123 Å². The minimum atomic E-state index is 0.586. The summed E-state index contributed by atoms with van der Waals surface area (Å²) >= 11 is 0. The average molecular weight is 599 g/mol. The second kappa shape index (κ2) is 28.3. The molecule has 0 bridgehead atoms. The van der Waals surface area contributed by atoms with Gasteiger partial charge in [0, 0.05) is 31.9 Å².